The van der Waals surface area contributed by atoms with Gasteiger partial charge in [0.05, 0.1) is 15.1 Å². The molecule has 4 heterocycles. The van der Waals surface area contributed by atoms with Crippen LogP contribution in [0.4, 0.5) is 0 Å². The Kier molecular flexibility index (Phi) is 4.85. The summed E-state index contributed by atoms with van der Waals surface area (Å²) in [5, 5.41) is 3.82. The van der Waals surface area contributed by atoms with Gasteiger partial charge in [-0.05, 0) is 24.3 Å². The van der Waals surface area contributed by atoms with Crippen LogP contribution in [-0.4, -0.2) is 54.0 Å². The number of primary amides is 1. The second-order valence-corrected chi connectivity index (χ2v) is 8.86. The maximum Gasteiger partial charge on any atom is 0.264 e. The number of piperazine rings is 1. The number of hydrogen-bond acceptors (Lipinski definition) is 6. The average molecular weight is 443 g/mol. The molecule has 0 spiro atoms. The first-order valence-electron chi connectivity index (χ1n) is 9.68. The fourth-order valence-corrected chi connectivity index (χ4v) is 5.26. The van der Waals surface area contributed by atoms with E-state index in [1.54, 1.807) is 12.3 Å². The van der Waals surface area contributed by atoms with Crippen molar-refractivity contribution in [3.05, 3.63) is 45.9 Å². The van der Waals surface area contributed by atoms with Crippen molar-refractivity contribution in [2.24, 2.45) is 5.73 Å². The minimum absolute atomic E-state index is 0.00165. The van der Waals surface area contributed by atoms with E-state index in [4.69, 9.17) is 22.1 Å². The maximum atomic E-state index is 13.0. The summed E-state index contributed by atoms with van der Waals surface area (Å²) in [5.41, 5.74) is 8.69. The van der Waals surface area contributed by atoms with Gasteiger partial charge in [-0.1, -0.05) is 11.6 Å². The Balaban J connectivity index is 1.55. The van der Waals surface area contributed by atoms with Crippen molar-refractivity contribution in [2.45, 2.75) is 12.5 Å². The first-order chi connectivity index (χ1) is 14.5. The Labute approximate surface area is 181 Å². The van der Waals surface area contributed by atoms with Crippen molar-refractivity contribution in [3.63, 3.8) is 0 Å². The zero-order valence-corrected chi connectivity index (χ0v) is 17.6. The lowest BCUT2D eigenvalue weighted by Crippen LogP contribution is -2.50. The van der Waals surface area contributed by atoms with Crippen molar-refractivity contribution in [3.8, 4) is 16.9 Å². The smallest absolute Gasteiger partial charge is 0.264 e. The number of nitrogens with one attached hydrogen (secondary N) is 1. The highest BCUT2D eigenvalue weighted by atomic mass is 35.5. The molecule has 2 aromatic heterocycles. The van der Waals surface area contributed by atoms with E-state index < -0.39 is 12.0 Å². The second kappa shape index (κ2) is 7.54. The highest BCUT2D eigenvalue weighted by Crippen LogP contribution is 2.44. The summed E-state index contributed by atoms with van der Waals surface area (Å²) in [6.07, 6.45) is 1.61. The van der Waals surface area contributed by atoms with Crippen molar-refractivity contribution in [1.82, 2.24) is 15.2 Å². The Hall–Kier alpha value is -2.68. The lowest BCUT2D eigenvalue weighted by atomic mass is 10.0. The largest absolute Gasteiger partial charge is 0.479 e. The van der Waals surface area contributed by atoms with E-state index in [1.807, 2.05) is 23.1 Å². The van der Waals surface area contributed by atoms with Crippen molar-refractivity contribution >= 4 is 45.0 Å². The van der Waals surface area contributed by atoms with Crippen molar-refractivity contribution in [2.75, 3.05) is 26.2 Å². The molecule has 5 rings (SSSR count). The summed E-state index contributed by atoms with van der Waals surface area (Å²) in [4.78, 5) is 31.3. The highest BCUT2D eigenvalue weighted by molar-refractivity contribution is 7.21. The van der Waals surface area contributed by atoms with Crippen LogP contribution in [-0.2, 0) is 11.2 Å². The molecule has 7 nitrogen and oxygen atoms in total. The van der Waals surface area contributed by atoms with Gasteiger partial charge in [0.15, 0.2) is 6.10 Å². The van der Waals surface area contributed by atoms with E-state index in [0.29, 0.717) is 40.7 Å². The van der Waals surface area contributed by atoms with Crippen LogP contribution >= 0.6 is 22.9 Å². The van der Waals surface area contributed by atoms with Gasteiger partial charge in [0, 0.05) is 60.5 Å². The number of amides is 2. The molecule has 0 radical (unpaired) electrons. The molecule has 1 aromatic carbocycles. The summed E-state index contributed by atoms with van der Waals surface area (Å²) in [7, 11) is 0. The standard InChI is InChI=1S/C21H19ClN4O3S/c22-12-7-11-8-16(21(28)26-5-3-24-4-6-26)29-18(11)14(9-12)13-1-2-25-15-10-17(20(23)27)30-19(13)15/h1-2,7,9-10,16,24H,3-6,8H2,(H2,23,27)/t16-/m1/s1. The van der Waals surface area contributed by atoms with Crippen LogP contribution < -0.4 is 15.8 Å². The third kappa shape index (κ3) is 3.30. The predicted molar refractivity (Wildman–Crippen MR) is 116 cm³/mol. The third-order valence-electron chi connectivity index (χ3n) is 5.45. The number of nitrogens with two attached hydrogens (primary N) is 1. The quantitative estimate of drug-likeness (QED) is 0.649. The van der Waals surface area contributed by atoms with Crippen molar-refractivity contribution < 1.29 is 14.3 Å². The second-order valence-electron chi connectivity index (χ2n) is 7.38. The van der Waals surface area contributed by atoms with Gasteiger partial charge in [-0.3, -0.25) is 14.6 Å². The number of benzene rings is 1. The van der Waals surface area contributed by atoms with Gasteiger partial charge in [0.1, 0.15) is 5.75 Å². The zero-order chi connectivity index (χ0) is 20.8. The number of rotatable bonds is 3. The van der Waals surface area contributed by atoms with Crippen LogP contribution in [0.5, 0.6) is 5.75 Å². The van der Waals surface area contributed by atoms with Gasteiger partial charge < -0.3 is 20.7 Å². The summed E-state index contributed by atoms with van der Waals surface area (Å²) in [6.45, 7) is 2.94. The van der Waals surface area contributed by atoms with Crippen LogP contribution in [0.2, 0.25) is 5.02 Å². The fourth-order valence-electron chi connectivity index (χ4n) is 4.02. The Morgan fingerprint density at radius 1 is 1.23 bits per heavy atom. The SMILES string of the molecule is NC(=O)c1cc2nccc(-c3cc(Cl)cc4c3O[C@@H](C(=O)N3CCNCC3)C4)c2s1. The minimum atomic E-state index is -0.558. The molecule has 1 fully saturated rings. The number of halogens is 1. The molecule has 2 aliphatic rings. The van der Waals surface area contributed by atoms with E-state index in [9.17, 15) is 9.59 Å². The topological polar surface area (TPSA) is 97.5 Å². The number of carbonyl (C=O) groups excluding carboxylic acids is 2. The Morgan fingerprint density at radius 2 is 2.03 bits per heavy atom. The highest BCUT2D eigenvalue weighted by Gasteiger charge is 2.35. The molecule has 0 unspecified atom stereocenters. The normalized spacial score (nSPS) is 18.3. The molecule has 154 valence electrons. The molecule has 0 saturated carbocycles. The Bertz CT molecular complexity index is 1170. The number of hydrogen-bond donors (Lipinski definition) is 2. The number of nitrogens with zero attached hydrogens (tertiary/aromatic N) is 2. The first-order valence-corrected chi connectivity index (χ1v) is 10.9. The van der Waals surface area contributed by atoms with Gasteiger partial charge in [-0.2, -0.15) is 0 Å². The monoisotopic (exact) mass is 442 g/mol. The van der Waals surface area contributed by atoms with Crippen LogP contribution in [0.3, 0.4) is 0 Å². The lowest BCUT2D eigenvalue weighted by molar-refractivity contribution is -0.138. The van der Waals surface area contributed by atoms with E-state index in [0.717, 1.165) is 34.5 Å². The lowest BCUT2D eigenvalue weighted by Gasteiger charge is -2.29. The molecule has 0 bridgehead atoms. The molecule has 2 amide bonds. The number of aromatic nitrogens is 1. The molecule has 3 aromatic rings. The molecule has 3 N–H and O–H groups in total. The van der Waals surface area contributed by atoms with Crippen molar-refractivity contribution in [1.29, 1.82) is 0 Å². The summed E-state index contributed by atoms with van der Waals surface area (Å²) >= 11 is 7.71. The van der Waals surface area contributed by atoms with Gasteiger partial charge in [0.25, 0.3) is 11.8 Å². The molecular weight excluding hydrogens is 424 g/mol. The van der Waals surface area contributed by atoms with Crippen LogP contribution in [0.1, 0.15) is 15.2 Å². The molecule has 9 heteroatoms. The molecule has 30 heavy (non-hydrogen) atoms. The van der Waals surface area contributed by atoms with Crippen LogP contribution in [0.15, 0.2) is 30.5 Å². The summed E-state index contributed by atoms with van der Waals surface area (Å²) < 4.78 is 7.02. The number of ether oxygens (including phenoxy) is 1. The molecule has 2 aliphatic heterocycles. The Morgan fingerprint density at radius 3 is 2.80 bits per heavy atom. The van der Waals surface area contributed by atoms with Crippen LogP contribution in [0.25, 0.3) is 21.3 Å². The molecular formula is C21H19ClN4O3S. The fraction of sp³-hybridized carbons (Fsp3) is 0.286. The third-order valence-corrected chi connectivity index (χ3v) is 6.84. The van der Waals surface area contributed by atoms with Gasteiger partial charge in [-0.25, -0.2) is 0 Å². The predicted octanol–water partition coefficient (Wildman–Crippen LogP) is 2.45. The summed E-state index contributed by atoms with van der Waals surface area (Å²) in [5.74, 6) is 0.175. The molecule has 1 saturated heterocycles. The van der Waals surface area contributed by atoms with E-state index >= 15 is 0 Å². The zero-order valence-electron chi connectivity index (χ0n) is 16.0. The van der Waals surface area contributed by atoms with Gasteiger partial charge in [0.2, 0.25) is 0 Å². The molecule has 1 atom stereocenters. The summed E-state index contributed by atoms with van der Waals surface area (Å²) in [6, 6.07) is 7.24. The first kappa shape index (κ1) is 19.3. The molecule has 0 aliphatic carbocycles. The number of thiophene rings is 1. The van der Waals surface area contributed by atoms with E-state index in [2.05, 4.69) is 10.3 Å². The number of pyridine rings is 1. The average Bonchev–Trinajstić information content (AvgIpc) is 3.37. The van der Waals surface area contributed by atoms with E-state index in [1.165, 1.54) is 11.3 Å². The number of fused-ring (bicyclic) bond motifs is 2. The van der Waals surface area contributed by atoms with Gasteiger partial charge >= 0.3 is 0 Å². The number of carbonyl (C=O) groups is 2. The van der Waals surface area contributed by atoms with Crippen LogP contribution in [0, 0.1) is 0 Å². The maximum absolute atomic E-state index is 13.0. The van der Waals surface area contributed by atoms with E-state index in [-0.39, 0.29) is 5.91 Å². The minimum Gasteiger partial charge on any atom is -0.479 e. The van der Waals surface area contributed by atoms with Gasteiger partial charge in [-0.15, -0.1) is 11.3 Å².